The minimum Gasteiger partial charge on any atom is -0.361 e. The average Bonchev–Trinajstić information content (AvgIpc) is 2.18. The summed E-state index contributed by atoms with van der Waals surface area (Å²) in [5.41, 5.74) is 5.40. The molecule has 0 aliphatic heterocycles. The Balaban J connectivity index is 2.52. The molecule has 0 saturated carbocycles. The maximum Gasteiger partial charge on any atom is 0.276 e. The maximum absolute atomic E-state index is 11.3. The van der Waals surface area contributed by atoms with Gasteiger partial charge in [0.2, 0.25) is 5.91 Å². The van der Waals surface area contributed by atoms with Gasteiger partial charge in [-0.15, -0.1) is 0 Å². The van der Waals surface area contributed by atoms with Crippen LogP contribution in [0.15, 0.2) is 24.3 Å². The van der Waals surface area contributed by atoms with Crippen molar-refractivity contribution in [3.63, 3.8) is 0 Å². The normalized spacial score (nSPS) is 9.67. The molecule has 15 heavy (non-hydrogen) atoms. The molecule has 0 heterocycles. The monoisotopic (exact) mass is 244 g/mol. The predicted molar refractivity (Wildman–Crippen MR) is 62.1 cm³/mol. The number of carbonyl (C=O) groups excluding carboxylic acids is 2. The summed E-state index contributed by atoms with van der Waals surface area (Å²) < 4.78 is 0. The van der Waals surface area contributed by atoms with Crippen LogP contribution >= 0.6 is 23.4 Å². The summed E-state index contributed by atoms with van der Waals surface area (Å²) in [6.07, 6.45) is 0. The molecule has 1 aromatic carbocycles. The van der Waals surface area contributed by atoms with E-state index in [1.807, 2.05) is 0 Å². The van der Waals surface area contributed by atoms with E-state index in [4.69, 9.17) is 17.3 Å². The number of hydrogen-bond donors (Lipinski definition) is 2. The standard InChI is InChI=1S/C9H9ClN2O2S/c10-6-3-1-2-4-7(6)12-8(13)5-15-9(11)14/h1-4H,5H2,(H2,11,14)(H,12,13). The Morgan fingerprint density at radius 1 is 1.40 bits per heavy atom. The topological polar surface area (TPSA) is 72.2 Å². The van der Waals surface area contributed by atoms with E-state index in [0.717, 1.165) is 11.8 Å². The summed E-state index contributed by atoms with van der Waals surface area (Å²) in [5.74, 6) is -0.326. The van der Waals surface area contributed by atoms with Crippen LogP contribution in [-0.2, 0) is 4.79 Å². The number of halogens is 1. The molecular weight excluding hydrogens is 236 g/mol. The second kappa shape index (κ2) is 5.63. The molecule has 4 nitrogen and oxygen atoms in total. The van der Waals surface area contributed by atoms with Gasteiger partial charge in [-0.25, -0.2) is 0 Å². The molecule has 0 unspecified atom stereocenters. The van der Waals surface area contributed by atoms with Crippen molar-refractivity contribution in [3.05, 3.63) is 29.3 Å². The van der Waals surface area contributed by atoms with Gasteiger partial charge in [-0.3, -0.25) is 9.59 Å². The molecule has 0 aliphatic carbocycles. The number of anilines is 1. The summed E-state index contributed by atoms with van der Waals surface area (Å²) in [5, 5.41) is 2.44. The molecular formula is C9H9ClN2O2S. The summed E-state index contributed by atoms with van der Waals surface area (Å²) in [7, 11) is 0. The van der Waals surface area contributed by atoms with Gasteiger partial charge in [0, 0.05) is 0 Å². The average molecular weight is 245 g/mol. The molecule has 1 aromatic rings. The van der Waals surface area contributed by atoms with Crippen molar-refractivity contribution in [2.45, 2.75) is 0 Å². The third-order valence-electron chi connectivity index (χ3n) is 1.49. The van der Waals surface area contributed by atoms with Gasteiger partial charge in [0.15, 0.2) is 0 Å². The van der Waals surface area contributed by atoms with E-state index in [-0.39, 0.29) is 11.7 Å². The lowest BCUT2D eigenvalue weighted by Gasteiger charge is -2.05. The fourth-order valence-electron chi connectivity index (χ4n) is 0.886. The number of primary amides is 1. The van der Waals surface area contributed by atoms with Crippen LogP contribution in [-0.4, -0.2) is 16.9 Å². The molecule has 1 rings (SSSR count). The van der Waals surface area contributed by atoms with Crippen molar-refractivity contribution < 1.29 is 9.59 Å². The Kier molecular flexibility index (Phi) is 4.45. The highest BCUT2D eigenvalue weighted by Crippen LogP contribution is 2.20. The Morgan fingerprint density at radius 3 is 2.67 bits per heavy atom. The minimum atomic E-state index is -0.579. The van der Waals surface area contributed by atoms with Gasteiger partial charge < -0.3 is 11.1 Å². The number of para-hydroxylation sites is 1. The van der Waals surface area contributed by atoms with E-state index in [2.05, 4.69) is 5.32 Å². The van der Waals surface area contributed by atoms with E-state index >= 15 is 0 Å². The number of rotatable bonds is 3. The van der Waals surface area contributed by atoms with Crippen LogP contribution in [0.3, 0.4) is 0 Å². The zero-order valence-electron chi connectivity index (χ0n) is 7.70. The highest BCUT2D eigenvalue weighted by molar-refractivity contribution is 8.14. The maximum atomic E-state index is 11.3. The van der Waals surface area contributed by atoms with E-state index in [9.17, 15) is 9.59 Å². The smallest absolute Gasteiger partial charge is 0.276 e. The van der Waals surface area contributed by atoms with Crippen molar-refractivity contribution in [2.75, 3.05) is 11.1 Å². The van der Waals surface area contributed by atoms with Gasteiger partial charge in [0.1, 0.15) is 0 Å². The molecule has 0 bridgehead atoms. The highest BCUT2D eigenvalue weighted by atomic mass is 35.5. The number of amides is 2. The van der Waals surface area contributed by atoms with Gasteiger partial charge in [0.25, 0.3) is 5.24 Å². The first-order valence-corrected chi connectivity index (χ1v) is 5.42. The van der Waals surface area contributed by atoms with Crippen LogP contribution in [0, 0.1) is 0 Å². The van der Waals surface area contributed by atoms with E-state index < -0.39 is 5.24 Å². The fraction of sp³-hybridized carbons (Fsp3) is 0.111. The lowest BCUT2D eigenvalue weighted by molar-refractivity contribution is -0.113. The van der Waals surface area contributed by atoms with Crippen LogP contribution in [0.5, 0.6) is 0 Å². The molecule has 0 aliphatic rings. The molecule has 0 spiro atoms. The van der Waals surface area contributed by atoms with Crippen LogP contribution in [0.2, 0.25) is 5.02 Å². The van der Waals surface area contributed by atoms with Crippen molar-refractivity contribution in [1.29, 1.82) is 0 Å². The third kappa shape index (κ3) is 4.22. The number of thioether (sulfide) groups is 1. The van der Waals surface area contributed by atoms with Crippen LogP contribution in [0.4, 0.5) is 10.5 Å². The molecule has 2 amide bonds. The molecule has 0 radical (unpaired) electrons. The molecule has 0 saturated heterocycles. The molecule has 0 atom stereocenters. The first kappa shape index (κ1) is 11.9. The van der Waals surface area contributed by atoms with Crippen molar-refractivity contribution in [3.8, 4) is 0 Å². The Bertz CT molecular complexity index is 384. The van der Waals surface area contributed by atoms with Gasteiger partial charge in [-0.05, 0) is 12.1 Å². The number of nitrogens with two attached hydrogens (primary N) is 1. The van der Waals surface area contributed by atoms with Gasteiger partial charge >= 0.3 is 0 Å². The molecule has 0 fully saturated rings. The van der Waals surface area contributed by atoms with Gasteiger partial charge in [-0.2, -0.15) is 0 Å². The zero-order valence-corrected chi connectivity index (χ0v) is 9.27. The van der Waals surface area contributed by atoms with Crippen molar-refractivity contribution in [2.24, 2.45) is 5.73 Å². The molecule has 80 valence electrons. The second-order valence-electron chi connectivity index (χ2n) is 2.64. The Hall–Kier alpha value is -1.20. The lowest BCUT2D eigenvalue weighted by Crippen LogP contribution is -2.17. The Labute approximate surface area is 96.2 Å². The summed E-state index contributed by atoms with van der Waals surface area (Å²) in [4.78, 5) is 21.7. The van der Waals surface area contributed by atoms with Gasteiger partial charge in [0.05, 0.1) is 16.5 Å². The van der Waals surface area contributed by atoms with E-state index in [1.54, 1.807) is 24.3 Å². The van der Waals surface area contributed by atoms with Crippen LogP contribution < -0.4 is 11.1 Å². The highest BCUT2D eigenvalue weighted by Gasteiger charge is 2.06. The van der Waals surface area contributed by atoms with E-state index in [0.29, 0.717) is 10.7 Å². The van der Waals surface area contributed by atoms with Crippen LogP contribution in [0.25, 0.3) is 0 Å². The zero-order chi connectivity index (χ0) is 11.3. The minimum absolute atomic E-state index is 0.0133. The van der Waals surface area contributed by atoms with Gasteiger partial charge in [-0.1, -0.05) is 35.5 Å². The predicted octanol–water partition coefficient (Wildman–Crippen LogP) is 2.09. The number of hydrogen-bond acceptors (Lipinski definition) is 3. The molecule has 6 heteroatoms. The first-order valence-electron chi connectivity index (χ1n) is 4.06. The number of nitrogens with one attached hydrogen (secondary N) is 1. The quantitative estimate of drug-likeness (QED) is 0.855. The molecule has 3 N–H and O–H groups in total. The SMILES string of the molecule is NC(=O)SCC(=O)Nc1ccccc1Cl. The summed E-state index contributed by atoms with van der Waals surface area (Å²) >= 11 is 6.57. The van der Waals surface area contributed by atoms with Crippen LogP contribution in [0.1, 0.15) is 0 Å². The number of benzene rings is 1. The third-order valence-corrected chi connectivity index (χ3v) is 2.51. The largest absolute Gasteiger partial charge is 0.361 e. The van der Waals surface area contributed by atoms with E-state index in [1.165, 1.54) is 0 Å². The second-order valence-corrected chi connectivity index (χ2v) is 4.02. The van der Waals surface area contributed by atoms with Crippen molar-refractivity contribution >= 4 is 40.2 Å². The summed E-state index contributed by atoms with van der Waals surface area (Å²) in [6, 6.07) is 6.85. The lowest BCUT2D eigenvalue weighted by atomic mass is 10.3. The summed E-state index contributed by atoms with van der Waals surface area (Å²) in [6.45, 7) is 0. The first-order chi connectivity index (χ1) is 7.09. The van der Waals surface area contributed by atoms with Crippen molar-refractivity contribution in [1.82, 2.24) is 0 Å². The Morgan fingerprint density at radius 2 is 2.07 bits per heavy atom. The molecule has 0 aromatic heterocycles. The number of carbonyl (C=O) groups is 2. The fourth-order valence-corrected chi connectivity index (χ4v) is 1.41.